The van der Waals surface area contributed by atoms with E-state index in [2.05, 4.69) is 26.8 Å². The summed E-state index contributed by atoms with van der Waals surface area (Å²) < 4.78 is 22.9. The fourth-order valence-electron chi connectivity index (χ4n) is 1.75. The lowest BCUT2D eigenvalue weighted by molar-refractivity contribution is 0.283. The zero-order valence-electron chi connectivity index (χ0n) is 12.1. The van der Waals surface area contributed by atoms with Crippen molar-refractivity contribution in [3.63, 3.8) is 0 Å². The van der Waals surface area contributed by atoms with E-state index >= 15 is 0 Å². The van der Waals surface area contributed by atoms with Crippen LogP contribution in [0.25, 0.3) is 0 Å². The summed E-state index contributed by atoms with van der Waals surface area (Å²) in [6, 6.07) is 5.89. The first-order chi connectivity index (χ1) is 8.15. The second kappa shape index (κ2) is 5.46. The molecular formula is C14H23O3P. The third-order valence-electron chi connectivity index (χ3n) is 2.57. The molecule has 18 heavy (non-hydrogen) atoms. The summed E-state index contributed by atoms with van der Waals surface area (Å²) in [6.45, 7) is 12.0. The zero-order chi connectivity index (χ0) is 14.0. The Balaban J connectivity index is 3.14. The van der Waals surface area contributed by atoms with Crippen LogP contribution in [0.1, 0.15) is 38.8 Å². The minimum Gasteiger partial charge on any atom is -0.424 e. The van der Waals surface area contributed by atoms with E-state index in [0.717, 1.165) is 11.1 Å². The first-order valence-corrected chi connectivity index (χ1v) is 8.17. The maximum Gasteiger partial charge on any atom is 0.376 e. The van der Waals surface area contributed by atoms with Gasteiger partial charge in [-0.2, -0.15) is 0 Å². The molecule has 0 saturated carbocycles. The number of hydrogen-bond acceptors (Lipinski definition) is 3. The summed E-state index contributed by atoms with van der Waals surface area (Å²) in [5, 5.41) is 0. The average Bonchev–Trinajstić information content (AvgIpc) is 2.18. The Bertz CT molecular complexity index is 461. The quantitative estimate of drug-likeness (QED) is 0.754. The van der Waals surface area contributed by atoms with E-state index in [0.29, 0.717) is 12.4 Å². The molecule has 0 saturated heterocycles. The Morgan fingerprint density at radius 3 is 2.39 bits per heavy atom. The molecule has 1 atom stereocenters. The predicted octanol–water partition coefficient (Wildman–Crippen LogP) is 4.53. The molecule has 1 unspecified atom stereocenters. The lowest BCUT2D eigenvalue weighted by atomic mass is 9.85. The third kappa shape index (κ3) is 4.15. The number of hydrogen-bond donors (Lipinski definition) is 0. The fraction of sp³-hybridized carbons (Fsp3) is 0.571. The van der Waals surface area contributed by atoms with Crippen molar-refractivity contribution in [3.8, 4) is 5.75 Å². The van der Waals surface area contributed by atoms with Gasteiger partial charge in [-0.05, 0) is 25.3 Å². The summed E-state index contributed by atoms with van der Waals surface area (Å²) in [4.78, 5) is 0. The van der Waals surface area contributed by atoms with Gasteiger partial charge in [-0.25, -0.2) is 4.57 Å². The summed E-state index contributed by atoms with van der Waals surface area (Å²) >= 11 is 0. The van der Waals surface area contributed by atoms with E-state index in [4.69, 9.17) is 9.05 Å². The molecule has 0 bridgehead atoms. The van der Waals surface area contributed by atoms with E-state index in [9.17, 15) is 4.57 Å². The monoisotopic (exact) mass is 270 g/mol. The van der Waals surface area contributed by atoms with Crippen LogP contribution < -0.4 is 4.52 Å². The Morgan fingerprint density at radius 1 is 1.28 bits per heavy atom. The van der Waals surface area contributed by atoms with Crippen LogP contribution in [0.5, 0.6) is 5.75 Å². The van der Waals surface area contributed by atoms with E-state index in [1.165, 1.54) is 6.66 Å². The molecule has 1 rings (SSSR count). The van der Waals surface area contributed by atoms with Crippen molar-refractivity contribution >= 4 is 7.60 Å². The smallest absolute Gasteiger partial charge is 0.376 e. The van der Waals surface area contributed by atoms with Crippen molar-refractivity contribution in [3.05, 3.63) is 29.3 Å². The van der Waals surface area contributed by atoms with Gasteiger partial charge in [-0.15, -0.1) is 0 Å². The van der Waals surface area contributed by atoms with Crippen molar-refractivity contribution in [1.29, 1.82) is 0 Å². The average molecular weight is 270 g/mol. The molecule has 4 heteroatoms. The molecule has 1 aromatic carbocycles. The normalized spacial score (nSPS) is 15.2. The summed E-state index contributed by atoms with van der Waals surface area (Å²) in [5.74, 6) is 0.646. The van der Waals surface area contributed by atoms with Crippen molar-refractivity contribution in [2.75, 3.05) is 13.3 Å². The van der Waals surface area contributed by atoms with Crippen LogP contribution in [0, 0.1) is 6.92 Å². The summed E-state index contributed by atoms with van der Waals surface area (Å²) in [5.41, 5.74) is 2.15. The molecule has 0 aliphatic rings. The highest BCUT2D eigenvalue weighted by Crippen LogP contribution is 2.47. The lowest BCUT2D eigenvalue weighted by Crippen LogP contribution is -2.13. The van der Waals surface area contributed by atoms with Crippen LogP contribution in [0.4, 0.5) is 0 Å². The largest absolute Gasteiger partial charge is 0.424 e. The second-order valence-electron chi connectivity index (χ2n) is 5.53. The maximum absolute atomic E-state index is 12.1. The summed E-state index contributed by atoms with van der Waals surface area (Å²) in [7, 11) is -3.03. The Morgan fingerprint density at radius 2 is 1.89 bits per heavy atom. The molecule has 0 heterocycles. The molecule has 0 aliphatic heterocycles. The van der Waals surface area contributed by atoms with Crippen molar-refractivity contribution in [1.82, 2.24) is 0 Å². The van der Waals surface area contributed by atoms with Crippen molar-refractivity contribution in [2.45, 2.75) is 40.0 Å². The van der Waals surface area contributed by atoms with Crippen LogP contribution >= 0.6 is 7.60 Å². The molecule has 3 nitrogen and oxygen atoms in total. The molecular weight excluding hydrogens is 247 g/mol. The van der Waals surface area contributed by atoms with Crippen LogP contribution in [0.15, 0.2) is 18.2 Å². The van der Waals surface area contributed by atoms with Crippen LogP contribution in [-0.4, -0.2) is 13.3 Å². The van der Waals surface area contributed by atoms with Gasteiger partial charge in [0.1, 0.15) is 5.75 Å². The number of rotatable bonds is 4. The SMILES string of the molecule is CCOP(C)(=O)Oc1ccc(C)cc1C(C)(C)C. The molecule has 0 radical (unpaired) electrons. The first kappa shape index (κ1) is 15.3. The number of benzene rings is 1. The standard InChI is InChI=1S/C14H23O3P/c1-7-16-18(6,15)17-13-9-8-11(2)10-12(13)14(3,4)5/h8-10H,7H2,1-6H3. The van der Waals surface area contributed by atoms with Gasteiger partial charge in [0.05, 0.1) is 6.61 Å². The van der Waals surface area contributed by atoms with Crippen molar-refractivity contribution in [2.24, 2.45) is 0 Å². The van der Waals surface area contributed by atoms with E-state index in [1.54, 1.807) is 6.92 Å². The highest BCUT2D eigenvalue weighted by Gasteiger charge is 2.24. The lowest BCUT2D eigenvalue weighted by Gasteiger charge is -2.25. The van der Waals surface area contributed by atoms with E-state index in [1.807, 2.05) is 19.1 Å². The van der Waals surface area contributed by atoms with Gasteiger partial charge in [0, 0.05) is 12.2 Å². The Kier molecular flexibility index (Phi) is 4.63. The molecule has 0 amide bonds. The highest BCUT2D eigenvalue weighted by atomic mass is 31.2. The zero-order valence-corrected chi connectivity index (χ0v) is 13.0. The highest BCUT2D eigenvalue weighted by molar-refractivity contribution is 7.53. The van der Waals surface area contributed by atoms with Gasteiger partial charge in [0.2, 0.25) is 0 Å². The molecule has 1 aromatic rings. The van der Waals surface area contributed by atoms with Gasteiger partial charge in [0.15, 0.2) is 0 Å². The van der Waals surface area contributed by atoms with Gasteiger partial charge < -0.3 is 9.05 Å². The van der Waals surface area contributed by atoms with Crippen LogP contribution in [0.2, 0.25) is 0 Å². The molecule has 0 spiro atoms. The third-order valence-corrected chi connectivity index (χ3v) is 3.83. The Labute approximate surface area is 110 Å². The van der Waals surface area contributed by atoms with E-state index < -0.39 is 7.60 Å². The van der Waals surface area contributed by atoms with Crippen LogP contribution in [0.3, 0.4) is 0 Å². The topological polar surface area (TPSA) is 35.5 Å². The molecule has 0 aliphatic carbocycles. The van der Waals surface area contributed by atoms with E-state index in [-0.39, 0.29) is 5.41 Å². The fourth-order valence-corrected chi connectivity index (χ4v) is 2.79. The van der Waals surface area contributed by atoms with Gasteiger partial charge in [0.25, 0.3) is 0 Å². The molecule has 0 aromatic heterocycles. The first-order valence-electron chi connectivity index (χ1n) is 6.18. The Hall–Kier alpha value is -0.790. The number of aryl methyl sites for hydroxylation is 1. The van der Waals surface area contributed by atoms with Gasteiger partial charge in [-0.1, -0.05) is 38.5 Å². The van der Waals surface area contributed by atoms with Crippen molar-refractivity contribution < 1.29 is 13.6 Å². The van der Waals surface area contributed by atoms with Crippen LogP contribution in [-0.2, 0) is 14.5 Å². The minimum atomic E-state index is -3.03. The molecule has 102 valence electrons. The predicted molar refractivity (Wildman–Crippen MR) is 75.7 cm³/mol. The second-order valence-corrected chi connectivity index (χ2v) is 7.51. The minimum absolute atomic E-state index is 0.0619. The van der Waals surface area contributed by atoms with Gasteiger partial charge in [-0.3, -0.25) is 0 Å². The maximum atomic E-state index is 12.1. The summed E-state index contributed by atoms with van der Waals surface area (Å²) in [6.07, 6.45) is 0. The van der Waals surface area contributed by atoms with Gasteiger partial charge >= 0.3 is 7.60 Å². The molecule has 0 fully saturated rings. The molecule has 0 N–H and O–H groups in total.